The Morgan fingerprint density at radius 3 is 2.61 bits per heavy atom. The molecule has 1 N–H and O–H groups in total. The highest BCUT2D eigenvalue weighted by Crippen LogP contribution is 2.32. The van der Waals surface area contributed by atoms with Crippen LogP contribution in [0.25, 0.3) is 6.08 Å². The van der Waals surface area contributed by atoms with Crippen molar-refractivity contribution in [2.75, 3.05) is 33.4 Å². The highest BCUT2D eigenvalue weighted by atomic mass is 32.2. The Morgan fingerprint density at radius 1 is 1.08 bits per heavy atom. The van der Waals surface area contributed by atoms with Crippen LogP contribution in [-0.2, 0) is 9.59 Å². The number of para-hydroxylation sites is 1. The fraction of sp³-hybridized carbons (Fsp3) is 0.296. The molecule has 3 aliphatic heterocycles. The number of nitrogens with zero attached hydrogens (tertiary/aromatic N) is 4. The molecule has 2 aromatic carbocycles. The van der Waals surface area contributed by atoms with Crippen LogP contribution in [0.3, 0.4) is 0 Å². The smallest absolute Gasteiger partial charge is 0.283 e. The van der Waals surface area contributed by atoms with E-state index in [0.29, 0.717) is 40.5 Å². The van der Waals surface area contributed by atoms with Crippen LogP contribution < -0.4 is 14.2 Å². The van der Waals surface area contributed by atoms with E-state index in [1.54, 1.807) is 24.3 Å². The summed E-state index contributed by atoms with van der Waals surface area (Å²) < 4.78 is 16.9. The molecular formula is C27H27N5O5S. The summed E-state index contributed by atoms with van der Waals surface area (Å²) in [5.74, 6) is 1.16. The number of hydrogen-bond donors (Lipinski definition) is 1. The minimum Gasteiger partial charge on any atom is -0.493 e. The zero-order valence-electron chi connectivity index (χ0n) is 20.9. The third-order valence-electron chi connectivity index (χ3n) is 6.11. The topological polar surface area (TPSA) is 117 Å². The molecule has 11 heteroatoms. The summed E-state index contributed by atoms with van der Waals surface area (Å²) >= 11 is 1.16. The van der Waals surface area contributed by atoms with E-state index in [-0.39, 0.29) is 23.7 Å². The molecule has 0 unspecified atom stereocenters. The van der Waals surface area contributed by atoms with Gasteiger partial charge in [-0.1, -0.05) is 24.3 Å². The van der Waals surface area contributed by atoms with Gasteiger partial charge in [-0.3, -0.25) is 15.0 Å². The first kappa shape index (κ1) is 25.5. The van der Waals surface area contributed by atoms with Crippen molar-refractivity contribution in [3.05, 3.63) is 59.7 Å². The second-order valence-electron chi connectivity index (χ2n) is 8.70. The van der Waals surface area contributed by atoms with Crippen molar-refractivity contribution < 1.29 is 23.8 Å². The predicted octanol–water partition coefficient (Wildman–Crippen LogP) is 3.78. The number of carbonyl (C=O) groups excluding carboxylic acids is 2. The molecule has 0 spiro atoms. The fourth-order valence-corrected chi connectivity index (χ4v) is 5.07. The number of fused-ring (bicyclic) bond motifs is 1. The van der Waals surface area contributed by atoms with E-state index in [2.05, 4.69) is 10.1 Å². The zero-order valence-corrected chi connectivity index (χ0v) is 21.7. The van der Waals surface area contributed by atoms with Gasteiger partial charge in [0.25, 0.3) is 5.91 Å². The van der Waals surface area contributed by atoms with E-state index < -0.39 is 5.91 Å². The Morgan fingerprint density at radius 2 is 1.84 bits per heavy atom. The van der Waals surface area contributed by atoms with E-state index in [1.807, 2.05) is 35.2 Å². The number of methoxy groups -OCH3 is 1. The summed E-state index contributed by atoms with van der Waals surface area (Å²) in [7, 11) is 1.53. The molecule has 3 aliphatic rings. The quantitative estimate of drug-likeness (QED) is 0.385. The van der Waals surface area contributed by atoms with Gasteiger partial charge >= 0.3 is 0 Å². The molecule has 0 atom stereocenters. The molecule has 0 aromatic heterocycles. The number of nitrogens with one attached hydrogen (secondary N) is 1. The molecule has 3 heterocycles. The normalized spacial score (nSPS) is 17.9. The minimum atomic E-state index is -0.534. The van der Waals surface area contributed by atoms with Crippen molar-refractivity contribution >= 4 is 45.7 Å². The average molecular weight is 534 g/mol. The number of hydrazone groups is 1. The number of hydrogen-bond acceptors (Lipinski definition) is 8. The molecule has 196 valence electrons. The first-order chi connectivity index (χ1) is 18.5. The lowest BCUT2D eigenvalue weighted by atomic mass is 10.1. The first-order valence-electron chi connectivity index (χ1n) is 12.3. The summed E-state index contributed by atoms with van der Waals surface area (Å²) in [4.78, 5) is 31.2. The maximum Gasteiger partial charge on any atom is 0.283 e. The van der Waals surface area contributed by atoms with Gasteiger partial charge in [0, 0.05) is 13.1 Å². The number of aliphatic imine (C=N–C) groups is 1. The number of ether oxygens (including phenoxy) is 3. The molecule has 2 amide bonds. The van der Waals surface area contributed by atoms with Gasteiger partial charge in [-0.05, 0) is 60.5 Å². The molecule has 0 bridgehead atoms. The minimum absolute atomic E-state index is 0.00357. The van der Waals surface area contributed by atoms with Crippen LogP contribution >= 0.6 is 11.8 Å². The largest absolute Gasteiger partial charge is 0.493 e. The number of likely N-dealkylation sites (tertiary alicyclic amines) is 1. The van der Waals surface area contributed by atoms with Gasteiger partial charge in [-0.25, -0.2) is 0 Å². The van der Waals surface area contributed by atoms with Crippen molar-refractivity contribution in [3.63, 3.8) is 0 Å². The maximum atomic E-state index is 12.8. The van der Waals surface area contributed by atoms with Gasteiger partial charge in [0.2, 0.25) is 11.1 Å². The summed E-state index contributed by atoms with van der Waals surface area (Å²) in [5.41, 5.74) is 0.735. The Balaban J connectivity index is 1.24. The summed E-state index contributed by atoms with van der Waals surface area (Å²) in [6, 6.07) is 14.7. The molecule has 1 saturated heterocycles. The number of benzene rings is 2. The molecule has 2 aromatic rings. The van der Waals surface area contributed by atoms with Crippen molar-refractivity contribution in [1.29, 1.82) is 5.41 Å². The van der Waals surface area contributed by atoms with Gasteiger partial charge < -0.3 is 19.1 Å². The molecule has 0 aliphatic carbocycles. The Bertz CT molecular complexity index is 1330. The standard InChI is InChI=1S/C27H27N5O5S/c1-35-22-16-18(9-10-21(22)37-14-13-36-19-7-3-2-4-8-19)15-20-25(28)32-27(29-26(20)34)38-23(30-32)17-24(33)31-11-5-6-12-31/h2-4,7-10,15-16,28H,5-6,11-14,17H2,1H3/b20-15-,28-25?. The van der Waals surface area contributed by atoms with Gasteiger partial charge in [-0.15, -0.1) is 0 Å². The van der Waals surface area contributed by atoms with Crippen LogP contribution in [0.4, 0.5) is 0 Å². The third-order valence-corrected chi connectivity index (χ3v) is 7.02. The van der Waals surface area contributed by atoms with E-state index in [4.69, 9.17) is 19.6 Å². The molecular weight excluding hydrogens is 506 g/mol. The summed E-state index contributed by atoms with van der Waals surface area (Å²) in [6.45, 7) is 2.21. The average Bonchev–Trinajstić information content (AvgIpc) is 3.61. The maximum absolute atomic E-state index is 12.8. The Labute approximate surface area is 224 Å². The second-order valence-corrected chi connectivity index (χ2v) is 9.74. The number of carbonyl (C=O) groups is 2. The van der Waals surface area contributed by atoms with Gasteiger partial charge in [0.05, 0.1) is 19.1 Å². The Hall–Kier alpha value is -4.12. The first-order valence-corrected chi connectivity index (χ1v) is 13.1. The highest BCUT2D eigenvalue weighted by Gasteiger charge is 2.36. The number of amides is 2. The number of rotatable bonds is 9. The molecule has 5 rings (SSSR count). The summed E-state index contributed by atoms with van der Waals surface area (Å²) in [5, 5.41) is 15.1. The lowest BCUT2D eigenvalue weighted by Gasteiger charge is -2.20. The van der Waals surface area contributed by atoms with Crippen molar-refractivity contribution in [2.45, 2.75) is 19.3 Å². The predicted molar refractivity (Wildman–Crippen MR) is 146 cm³/mol. The van der Waals surface area contributed by atoms with Crippen molar-refractivity contribution in [3.8, 4) is 17.2 Å². The lowest BCUT2D eigenvalue weighted by molar-refractivity contribution is -0.128. The second kappa shape index (κ2) is 11.5. The Kier molecular flexibility index (Phi) is 7.73. The number of thioether (sulfide) groups is 1. The van der Waals surface area contributed by atoms with Gasteiger partial charge in [0.15, 0.2) is 17.3 Å². The monoisotopic (exact) mass is 533 g/mol. The SMILES string of the molecule is COc1cc(/C=C2/C(=N)N3N=C(CC(=O)N4CCCC4)SC3=NC2=O)ccc1OCCOc1ccccc1. The van der Waals surface area contributed by atoms with Crippen LogP contribution in [0, 0.1) is 5.41 Å². The van der Waals surface area contributed by atoms with Crippen LogP contribution in [0.15, 0.2) is 64.2 Å². The summed E-state index contributed by atoms with van der Waals surface area (Å²) in [6.07, 6.45) is 3.73. The van der Waals surface area contributed by atoms with Crippen LogP contribution in [-0.4, -0.2) is 71.2 Å². The molecule has 0 saturated carbocycles. The highest BCUT2D eigenvalue weighted by molar-refractivity contribution is 8.27. The molecule has 10 nitrogen and oxygen atoms in total. The van der Waals surface area contributed by atoms with Crippen LogP contribution in [0.5, 0.6) is 17.2 Å². The van der Waals surface area contributed by atoms with Gasteiger partial charge in [-0.2, -0.15) is 15.1 Å². The molecule has 0 radical (unpaired) electrons. The lowest BCUT2D eigenvalue weighted by Crippen LogP contribution is -2.35. The van der Waals surface area contributed by atoms with E-state index in [1.165, 1.54) is 12.1 Å². The van der Waals surface area contributed by atoms with Gasteiger partial charge in [0.1, 0.15) is 24.0 Å². The molecule has 38 heavy (non-hydrogen) atoms. The van der Waals surface area contributed by atoms with E-state index >= 15 is 0 Å². The molecule has 1 fully saturated rings. The van der Waals surface area contributed by atoms with Crippen molar-refractivity contribution in [2.24, 2.45) is 10.1 Å². The van der Waals surface area contributed by atoms with Crippen molar-refractivity contribution in [1.82, 2.24) is 9.91 Å². The van der Waals surface area contributed by atoms with E-state index in [0.717, 1.165) is 43.4 Å². The fourth-order valence-electron chi connectivity index (χ4n) is 4.20. The third kappa shape index (κ3) is 5.72. The zero-order chi connectivity index (χ0) is 26.5. The van der Waals surface area contributed by atoms with Crippen LogP contribution in [0.2, 0.25) is 0 Å². The van der Waals surface area contributed by atoms with E-state index in [9.17, 15) is 9.59 Å². The number of amidine groups is 2. The van der Waals surface area contributed by atoms with Crippen LogP contribution in [0.1, 0.15) is 24.8 Å².